The van der Waals surface area contributed by atoms with Crippen molar-refractivity contribution in [2.45, 2.75) is 97.5 Å². The first-order valence-electron chi connectivity index (χ1n) is 7.88. The van der Waals surface area contributed by atoms with Crippen LogP contribution in [0.2, 0.25) is 0 Å². The van der Waals surface area contributed by atoms with Crippen LogP contribution in [0.5, 0.6) is 0 Å². The third-order valence-corrected chi connectivity index (χ3v) is 3.61. The van der Waals surface area contributed by atoms with Crippen molar-refractivity contribution < 1.29 is 5.11 Å². The fourth-order valence-electron chi connectivity index (χ4n) is 2.58. The molecule has 2 atom stereocenters. The molecular formula is C16H34O. The topological polar surface area (TPSA) is 20.2 Å². The predicted molar refractivity (Wildman–Crippen MR) is 77.3 cm³/mol. The molecule has 0 aliphatic rings. The number of aliphatic hydroxyl groups is 1. The zero-order valence-corrected chi connectivity index (χ0v) is 12.4. The minimum atomic E-state index is -0.114. The smallest absolute Gasteiger partial charge is 0.0514 e. The summed E-state index contributed by atoms with van der Waals surface area (Å²) in [6.45, 7) is 6.46. The molecule has 0 aromatic heterocycles. The fourth-order valence-corrected chi connectivity index (χ4v) is 2.58. The second kappa shape index (κ2) is 12.4. The molecular weight excluding hydrogens is 208 g/mol. The fraction of sp³-hybridized carbons (Fsp3) is 1.00. The van der Waals surface area contributed by atoms with Gasteiger partial charge in [-0.1, -0.05) is 78.1 Å². The van der Waals surface area contributed by atoms with Crippen molar-refractivity contribution in [3.05, 3.63) is 0 Å². The molecule has 104 valence electrons. The van der Waals surface area contributed by atoms with E-state index in [1.54, 1.807) is 0 Å². The van der Waals surface area contributed by atoms with Crippen LogP contribution in [0.1, 0.15) is 91.4 Å². The van der Waals surface area contributed by atoms with Crippen LogP contribution < -0.4 is 0 Å². The van der Waals surface area contributed by atoms with Crippen molar-refractivity contribution >= 4 is 0 Å². The first-order valence-corrected chi connectivity index (χ1v) is 7.88. The summed E-state index contributed by atoms with van der Waals surface area (Å²) < 4.78 is 0. The summed E-state index contributed by atoms with van der Waals surface area (Å²) in [7, 11) is 0. The molecule has 1 heteroatoms. The lowest BCUT2D eigenvalue weighted by Gasteiger charge is -2.18. The average molecular weight is 242 g/mol. The van der Waals surface area contributed by atoms with Crippen molar-refractivity contribution in [2.24, 2.45) is 5.92 Å². The van der Waals surface area contributed by atoms with E-state index in [1.807, 2.05) is 6.92 Å². The molecule has 1 nitrogen and oxygen atoms in total. The molecule has 0 saturated heterocycles. The predicted octanol–water partition coefficient (Wildman–Crippen LogP) is 5.31. The van der Waals surface area contributed by atoms with Crippen molar-refractivity contribution in [3.8, 4) is 0 Å². The Balaban J connectivity index is 3.61. The molecule has 0 fully saturated rings. The Morgan fingerprint density at radius 1 is 0.765 bits per heavy atom. The van der Waals surface area contributed by atoms with Crippen LogP contribution >= 0.6 is 0 Å². The lowest BCUT2D eigenvalue weighted by molar-refractivity contribution is 0.152. The molecule has 0 saturated carbocycles. The van der Waals surface area contributed by atoms with E-state index in [9.17, 15) is 5.11 Å². The van der Waals surface area contributed by atoms with Gasteiger partial charge >= 0.3 is 0 Å². The van der Waals surface area contributed by atoms with Gasteiger partial charge in [-0.05, 0) is 19.3 Å². The molecule has 0 aromatic carbocycles. The van der Waals surface area contributed by atoms with Gasteiger partial charge < -0.3 is 5.11 Å². The summed E-state index contributed by atoms with van der Waals surface area (Å²) in [4.78, 5) is 0. The van der Waals surface area contributed by atoms with Gasteiger partial charge in [0.05, 0.1) is 6.10 Å². The standard InChI is InChI=1S/C16H34O/c1-4-6-8-9-11-13-16(14-15(3)17)12-10-7-5-2/h15-17H,4-14H2,1-3H3. The molecule has 0 radical (unpaired) electrons. The maximum Gasteiger partial charge on any atom is 0.0514 e. The average Bonchev–Trinajstić information content (AvgIpc) is 2.28. The van der Waals surface area contributed by atoms with Crippen LogP contribution in [0, 0.1) is 5.92 Å². The van der Waals surface area contributed by atoms with Crippen molar-refractivity contribution in [2.75, 3.05) is 0 Å². The van der Waals surface area contributed by atoms with Crippen LogP contribution in [0.3, 0.4) is 0 Å². The van der Waals surface area contributed by atoms with E-state index in [0.717, 1.165) is 12.3 Å². The van der Waals surface area contributed by atoms with E-state index in [-0.39, 0.29) is 6.10 Å². The summed E-state index contributed by atoms with van der Waals surface area (Å²) in [6.07, 6.45) is 14.4. The Bertz CT molecular complexity index is 142. The number of aliphatic hydroxyl groups excluding tert-OH is 1. The number of hydrogen-bond acceptors (Lipinski definition) is 1. The van der Waals surface area contributed by atoms with E-state index in [4.69, 9.17) is 0 Å². The normalized spacial score (nSPS) is 14.8. The molecule has 0 aliphatic heterocycles. The first-order chi connectivity index (χ1) is 8.20. The van der Waals surface area contributed by atoms with Crippen LogP contribution in [0.4, 0.5) is 0 Å². The second-order valence-electron chi connectivity index (χ2n) is 5.65. The Hall–Kier alpha value is -0.0400. The van der Waals surface area contributed by atoms with Crippen molar-refractivity contribution in [1.29, 1.82) is 0 Å². The molecule has 17 heavy (non-hydrogen) atoms. The van der Waals surface area contributed by atoms with E-state index in [2.05, 4.69) is 13.8 Å². The minimum Gasteiger partial charge on any atom is -0.393 e. The van der Waals surface area contributed by atoms with E-state index < -0.39 is 0 Å². The molecule has 0 amide bonds. The third kappa shape index (κ3) is 12.2. The van der Waals surface area contributed by atoms with Crippen molar-refractivity contribution in [1.82, 2.24) is 0 Å². The monoisotopic (exact) mass is 242 g/mol. The highest BCUT2D eigenvalue weighted by molar-refractivity contribution is 4.63. The number of hydrogen-bond donors (Lipinski definition) is 1. The highest BCUT2D eigenvalue weighted by Crippen LogP contribution is 2.22. The molecule has 0 spiro atoms. The Kier molecular flexibility index (Phi) is 12.4. The summed E-state index contributed by atoms with van der Waals surface area (Å²) in [6, 6.07) is 0. The lowest BCUT2D eigenvalue weighted by Crippen LogP contribution is -2.10. The highest BCUT2D eigenvalue weighted by atomic mass is 16.3. The van der Waals surface area contributed by atoms with E-state index in [0.29, 0.717) is 0 Å². The number of rotatable bonds is 12. The Morgan fingerprint density at radius 3 is 1.76 bits per heavy atom. The minimum absolute atomic E-state index is 0.114. The molecule has 0 rings (SSSR count). The van der Waals surface area contributed by atoms with Gasteiger partial charge in [-0.3, -0.25) is 0 Å². The second-order valence-corrected chi connectivity index (χ2v) is 5.65. The Labute approximate surface area is 109 Å². The van der Waals surface area contributed by atoms with Crippen LogP contribution in [0.15, 0.2) is 0 Å². The summed E-state index contributed by atoms with van der Waals surface area (Å²) in [5, 5.41) is 9.52. The van der Waals surface area contributed by atoms with Crippen LogP contribution in [-0.4, -0.2) is 11.2 Å². The Morgan fingerprint density at radius 2 is 1.24 bits per heavy atom. The highest BCUT2D eigenvalue weighted by Gasteiger charge is 2.11. The molecule has 0 aliphatic carbocycles. The van der Waals surface area contributed by atoms with E-state index in [1.165, 1.54) is 64.2 Å². The van der Waals surface area contributed by atoms with Gasteiger partial charge in [0.1, 0.15) is 0 Å². The molecule has 0 aromatic rings. The van der Waals surface area contributed by atoms with Crippen LogP contribution in [-0.2, 0) is 0 Å². The third-order valence-electron chi connectivity index (χ3n) is 3.61. The first kappa shape index (κ1) is 17.0. The van der Waals surface area contributed by atoms with Gasteiger partial charge in [0.25, 0.3) is 0 Å². The van der Waals surface area contributed by atoms with Gasteiger partial charge in [-0.25, -0.2) is 0 Å². The number of unbranched alkanes of at least 4 members (excludes halogenated alkanes) is 6. The van der Waals surface area contributed by atoms with Gasteiger partial charge in [0, 0.05) is 0 Å². The molecule has 1 N–H and O–H groups in total. The van der Waals surface area contributed by atoms with Crippen molar-refractivity contribution in [3.63, 3.8) is 0 Å². The lowest BCUT2D eigenvalue weighted by atomic mass is 9.90. The zero-order chi connectivity index (χ0) is 12.9. The molecule has 2 unspecified atom stereocenters. The quantitative estimate of drug-likeness (QED) is 0.460. The zero-order valence-electron chi connectivity index (χ0n) is 12.4. The van der Waals surface area contributed by atoms with Crippen LogP contribution in [0.25, 0.3) is 0 Å². The van der Waals surface area contributed by atoms with Gasteiger partial charge in [-0.15, -0.1) is 0 Å². The maximum absolute atomic E-state index is 9.52. The van der Waals surface area contributed by atoms with Gasteiger partial charge in [0.2, 0.25) is 0 Å². The molecule has 0 bridgehead atoms. The summed E-state index contributed by atoms with van der Waals surface area (Å²) in [5.41, 5.74) is 0. The van der Waals surface area contributed by atoms with Gasteiger partial charge in [0.15, 0.2) is 0 Å². The summed E-state index contributed by atoms with van der Waals surface area (Å²) >= 11 is 0. The SMILES string of the molecule is CCCCCCCC(CCCCC)CC(C)O. The summed E-state index contributed by atoms with van der Waals surface area (Å²) in [5.74, 6) is 0.767. The molecule has 0 heterocycles. The van der Waals surface area contributed by atoms with Gasteiger partial charge in [-0.2, -0.15) is 0 Å². The van der Waals surface area contributed by atoms with E-state index >= 15 is 0 Å². The maximum atomic E-state index is 9.52. The largest absolute Gasteiger partial charge is 0.393 e.